The van der Waals surface area contributed by atoms with Crippen LogP contribution in [0, 0.1) is 11.3 Å². The van der Waals surface area contributed by atoms with Gasteiger partial charge in [0.15, 0.2) is 0 Å². The van der Waals surface area contributed by atoms with Gasteiger partial charge in [-0.25, -0.2) is 0 Å². The van der Waals surface area contributed by atoms with Gasteiger partial charge in [0.1, 0.15) is 0 Å². The van der Waals surface area contributed by atoms with Gasteiger partial charge in [-0.15, -0.1) is 0 Å². The third-order valence-corrected chi connectivity index (χ3v) is 3.18. The Balaban J connectivity index is 1.98. The van der Waals surface area contributed by atoms with E-state index in [0.29, 0.717) is 12.5 Å². The van der Waals surface area contributed by atoms with E-state index in [1.54, 1.807) is 0 Å². The summed E-state index contributed by atoms with van der Waals surface area (Å²) in [5.41, 5.74) is -0.146. The number of esters is 1. The molecule has 1 aliphatic heterocycles. The number of hydrogen-bond donors (Lipinski definition) is 0. The Kier molecular flexibility index (Phi) is 2.28. The molecule has 0 spiro atoms. The lowest BCUT2D eigenvalue weighted by Gasteiger charge is -2.18. The Hall–Kier alpha value is -0.570. The van der Waals surface area contributed by atoms with Crippen LogP contribution in [0.1, 0.15) is 26.2 Å². The largest absolute Gasteiger partial charge is 0.466 e. The van der Waals surface area contributed by atoms with E-state index in [9.17, 15) is 4.79 Å². The summed E-state index contributed by atoms with van der Waals surface area (Å²) in [5, 5.41) is 0. The van der Waals surface area contributed by atoms with Gasteiger partial charge < -0.3 is 9.47 Å². The summed E-state index contributed by atoms with van der Waals surface area (Å²) >= 11 is 0. The van der Waals surface area contributed by atoms with Gasteiger partial charge in [0.2, 0.25) is 0 Å². The van der Waals surface area contributed by atoms with E-state index in [1.807, 2.05) is 6.92 Å². The van der Waals surface area contributed by atoms with Gasteiger partial charge in [0, 0.05) is 12.5 Å². The molecule has 2 fully saturated rings. The maximum absolute atomic E-state index is 11.6. The van der Waals surface area contributed by atoms with Crippen molar-refractivity contribution in [2.24, 2.45) is 11.3 Å². The van der Waals surface area contributed by atoms with Crippen LogP contribution >= 0.6 is 0 Å². The van der Waals surface area contributed by atoms with Crippen molar-refractivity contribution in [3.8, 4) is 0 Å². The van der Waals surface area contributed by atoms with Crippen molar-refractivity contribution in [3.05, 3.63) is 0 Å². The van der Waals surface area contributed by atoms with Gasteiger partial charge in [-0.1, -0.05) is 0 Å². The van der Waals surface area contributed by atoms with Crippen molar-refractivity contribution >= 4 is 5.97 Å². The molecule has 1 atom stereocenters. The van der Waals surface area contributed by atoms with Crippen molar-refractivity contribution in [1.29, 1.82) is 0 Å². The predicted molar refractivity (Wildman–Crippen MR) is 47.2 cm³/mol. The van der Waals surface area contributed by atoms with Crippen molar-refractivity contribution in [2.75, 3.05) is 19.8 Å². The molecule has 1 unspecified atom stereocenters. The second-order valence-corrected chi connectivity index (χ2v) is 3.94. The molecule has 0 aromatic carbocycles. The van der Waals surface area contributed by atoms with Crippen LogP contribution in [-0.4, -0.2) is 25.8 Å². The Morgan fingerprint density at radius 3 is 2.85 bits per heavy atom. The number of carbonyl (C=O) groups excluding carboxylic acids is 1. The molecule has 0 aromatic heterocycles. The van der Waals surface area contributed by atoms with Gasteiger partial charge >= 0.3 is 5.97 Å². The molecule has 74 valence electrons. The fourth-order valence-electron chi connectivity index (χ4n) is 2.16. The highest BCUT2D eigenvalue weighted by molar-refractivity contribution is 5.80. The first kappa shape index (κ1) is 9.00. The lowest BCUT2D eigenvalue weighted by atomic mass is 9.88. The second kappa shape index (κ2) is 3.29. The molecular formula is C10H16O3. The zero-order chi connectivity index (χ0) is 9.31. The fourth-order valence-corrected chi connectivity index (χ4v) is 2.16. The maximum atomic E-state index is 11.6. The number of carbonyl (C=O) groups is 1. The predicted octanol–water partition coefficient (Wildman–Crippen LogP) is 1.37. The van der Waals surface area contributed by atoms with E-state index in [1.165, 1.54) is 0 Å². The summed E-state index contributed by atoms with van der Waals surface area (Å²) in [6.07, 6.45) is 3.03. The van der Waals surface area contributed by atoms with Crippen LogP contribution in [-0.2, 0) is 14.3 Å². The highest BCUT2D eigenvalue weighted by Gasteiger charge is 2.57. The summed E-state index contributed by atoms with van der Waals surface area (Å²) in [5.74, 6) is 0.428. The summed E-state index contributed by atoms with van der Waals surface area (Å²) in [4.78, 5) is 11.6. The van der Waals surface area contributed by atoms with E-state index in [4.69, 9.17) is 9.47 Å². The van der Waals surface area contributed by atoms with Crippen molar-refractivity contribution in [1.82, 2.24) is 0 Å². The maximum Gasteiger partial charge on any atom is 0.312 e. The minimum atomic E-state index is -0.146. The van der Waals surface area contributed by atoms with E-state index in [0.717, 1.165) is 32.5 Å². The molecule has 0 bridgehead atoms. The molecule has 1 aliphatic carbocycles. The second-order valence-electron chi connectivity index (χ2n) is 3.94. The summed E-state index contributed by atoms with van der Waals surface area (Å²) in [6.45, 7) is 3.91. The Bertz CT molecular complexity index is 202. The number of hydrogen-bond acceptors (Lipinski definition) is 3. The highest BCUT2D eigenvalue weighted by Crippen LogP contribution is 2.55. The smallest absolute Gasteiger partial charge is 0.312 e. The molecule has 2 rings (SSSR count). The van der Waals surface area contributed by atoms with E-state index < -0.39 is 0 Å². The van der Waals surface area contributed by atoms with Gasteiger partial charge in [0.25, 0.3) is 0 Å². The van der Waals surface area contributed by atoms with Crippen molar-refractivity contribution in [3.63, 3.8) is 0 Å². The first-order valence-corrected chi connectivity index (χ1v) is 5.04. The normalized spacial score (nSPS) is 30.1. The van der Waals surface area contributed by atoms with Gasteiger partial charge in [-0.2, -0.15) is 0 Å². The molecule has 1 heterocycles. The molecular weight excluding hydrogens is 168 g/mol. The molecule has 0 aromatic rings. The van der Waals surface area contributed by atoms with Crippen LogP contribution in [0.4, 0.5) is 0 Å². The summed E-state index contributed by atoms with van der Waals surface area (Å²) in [7, 11) is 0. The molecule has 0 N–H and O–H groups in total. The Labute approximate surface area is 78.4 Å². The first-order chi connectivity index (χ1) is 6.29. The van der Waals surface area contributed by atoms with E-state index >= 15 is 0 Å². The lowest BCUT2D eigenvalue weighted by Crippen LogP contribution is -2.27. The third kappa shape index (κ3) is 1.46. The minimum Gasteiger partial charge on any atom is -0.466 e. The zero-order valence-corrected chi connectivity index (χ0v) is 8.04. The zero-order valence-electron chi connectivity index (χ0n) is 8.04. The fraction of sp³-hybridized carbons (Fsp3) is 0.900. The van der Waals surface area contributed by atoms with Crippen molar-refractivity contribution in [2.45, 2.75) is 26.2 Å². The topological polar surface area (TPSA) is 35.5 Å². The van der Waals surface area contributed by atoms with Crippen LogP contribution in [0.5, 0.6) is 0 Å². The van der Waals surface area contributed by atoms with Crippen LogP contribution in [0.25, 0.3) is 0 Å². The first-order valence-electron chi connectivity index (χ1n) is 5.04. The average molecular weight is 184 g/mol. The number of ether oxygens (including phenoxy) is 2. The van der Waals surface area contributed by atoms with E-state index in [-0.39, 0.29) is 11.4 Å². The average Bonchev–Trinajstić information content (AvgIpc) is 2.76. The Morgan fingerprint density at radius 2 is 2.38 bits per heavy atom. The minimum absolute atomic E-state index is 0.00509. The lowest BCUT2D eigenvalue weighted by molar-refractivity contribution is -0.152. The van der Waals surface area contributed by atoms with Crippen LogP contribution in [0.15, 0.2) is 0 Å². The molecule has 3 heteroatoms. The quantitative estimate of drug-likeness (QED) is 0.621. The van der Waals surface area contributed by atoms with Gasteiger partial charge in [-0.05, 0) is 26.2 Å². The molecule has 13 heavy (non-hydrogen) atoms. The van der Waals surface area contributed by atoms with Crippen LogP contribution in [0.2, 0.25) is 0 Å². The summed E-state index contributed by atoms with van der Waals surface area (Å²) in [6, 6.07) is 0. The molecule has 1 saturated heterocycles. The van der Waals surface area contributed by atoms with Crippen LogP contribution < -0.4 is 0 Å². The Morgan fingerprint density at radius 1 is 1.62 bits per heavy atom. The van der Waals surface area contributed by atoms with Gasteiger partial charge in [-0.3, -0.25) is 4.79 Å². The molecule has 0 radical (unpaired) electrons. The summed E-state index contributed by atoms with van der Waals surface area (Å²) < 4.78 is 10.4. The van der Waals surface area contributed by atoms with Crippen molar-refractivity contribution < 1.29 is 14.3 Å². The monoisotopic (exact) mass is 184 g/mol. The standard InChI is InChI=1S/C10H16O3/c1-2-13-9(11)10(4-5-10)8-3-6-12-7-8/h8H,2-7H2,1H3. The highest BCUT2D eigenvalue weighted by atomic mass is 16.5. The number of rotatable bonds is 3. The molecule has 3 nitrogen and oxygen atoms in total. The molecule has 2 aliphatic rings. The van der Waals surface area contributed by atoms with Crippen LogP contribution in [0.3, 0.4) is 0 Å². The molecule has 0 amide bonds. The molecule has 1 saturated carbocycles. The third-order valence-electron chi connectivity index (χ3n) is 3.18. The SMILES string of the molecule is CCOC(=O)C1(C2CCOC2)CC1. The van der Waals surface area contributed by atoms with E-state index in [2.05, 4.69) is 0 Å². The van der Waals surface area contributed by atoms with Gasteiger partial charge in [0.05, 0.1) is 18.6 Å².